The van der Waals surface area contributed by atoms with Gasteiger partial charge in [-0.3, -0.25) is 0 Å². The lowest BCUT2D eigenvalue weighted by atomic mass is 10.2. The summed E-state index contributed by atoms with van der Waals surface area (Å²) in [5.41, 5.74) is 2.83. The second kappa shape index (κ2) is 4.99. The standard InChI is InChI=1S/C14H11Cl2FN2/c15-7-10-5-14(18-8-12(10)16)19-4-3-9-1-2-11(17)6-13(9)19/h1-2,5-6,8H,3-4,7H2. The number of benzene rings is 1. The van der Waals surface area contributed by atoms with Crippen molar-refractivity contribution < 1.29 is 4.39 Å². The van der Waals surface area contributed by atoms with Crippen molar-refractivity contribution in [2.24, 2.45) is 0 Å². The van der Waals surface area contributed by atoms with E-state index in [9.17, 15) is 4.39 Å². The fraction of sp³-hybridized carbons (Fsp3) is 0.214. The summed E-state index contributed by atoms with van der Waals surface area (Å²) in [6.07, 6.45) is 2.47. The highest BCUT2D eigenvalue weighted by Crippen LogP contribution is 2.35. The third kappa shape index (κ3) is 2.28. The van der Waals surface area contributed by atoms with Crippen molar-refractivity contribution in [2.75, 3.05) is 11.4 Å². The van der Waals surface area contributed by atoms with E-state index in [4.69, 9.17) is 23.2 Å². The Morgan fingerprint density at radius 2 is 2.16 bits per heavy atom. The Bertz CT molecular complexity index is 631. The van der Waals surface area contributed by atoms with Gasteiger partial charge in [0.05, 0.1) is 5.02 Å². The minimum atomic E-state index is -0.239. The Kier molecular flexibility index (Phi) is 3.33. The first-order chi connectivity index (χ1) is 9.19. The summed E-state index contributed by atoms with van der Waals surface area (Å²) in [4.78, 5) is 6.30. The first-order valence-corrected chi connectivity index (χ1v) is 6.86. The summed E-state index contributed by atoms with van der Waals surface area (Å²) in [6.45, 7) is 0.787. The summed E-state index contributed by atoms with van der Waals surface area (Å²) in [5, 5.41) is 0.553. The van der Waals surface area contributed by atoms with E-state index in [2.05, 4.69) is 4.98 Å². The summed E-state index contributed by atoms with van der Waals surface area (Å²) < 4.78 is 13.4. The number of rotatable bonds is 2. The van der Waals surface area contributed by atoms with Gasteiger partial charge in [0.25, 0.3) is 0 Å². The van der Waals surface area contributed by atoms with E-state index in [1.807, 2.05) is 17.0 Å². The van der Waals surface area contributed by atoms with Gasteiger partial charge in [0.1, 0.15) is 11.6 Å². The van der Waals surface area contributed by atoms with Gasteiger partial charge in [0, 0.05) is 24.3 Å². The van der Waals surface area contributed by atoms with E-state index in [1.54, 1.807) is 12.3 Å². The topological polar surface area (TPSA) is 16.1 Å². The molecule has 0 amide bonds. The molecule has 98 valence electrons. The van der Waals surface area contributed by atoms with Gasteiger partial charge < -0.3 is 4.90 Å². The molecule has 2 heterocycles. The molecule has 1 aliphatic rings. The molecule has 0 aliphatic carbocycles. The first-order valence-electron chi connectivity index (χ1n) is 5.95. The fourth-order valence-electron chi connectivity index (χ4n) is 2.31. The fourth-order valence-corrected chi connectivity index (χ4v) is 2.77. The van der Waals surface area contributed by atoms with Crippen LogP contribution in [0.25, 0.3) is 0 Å². The van der Waals surface area contributed by atoms with Crippen LogP contribution < -0.4 is 4.90 Å². The van der Waals surface area contributed by atoms with Crippen molar-refractivity contribution in [3.05, 3.63) is 52.4 Å². The maximum Gasteiger partial charge on any atom is 0.133 e. The van der Waals surface area contributed by atoms with Crippen LogP contribution in [0.3, 0.4) is 0 Å². The molecule has 0 spiro atoms. The lowest BCUT2D eigenvalue weighted by molar-refractivity contribution is 0.628. The van der Waals surface area contributed by atoms with Crippen LogP contribution in [0.15, 0.2) is 30.5 Å². The van der Waals surface area contributed by atoms with Gasteiger partial charge in [-0.15, -0.1) is 11.6 Å². The average molecular weight is 297 g/mol. The predicted molar refractivity (Wildman–Crippen MR) is 75.9 cm³/mol. The highest BCUT2D eigenvalue weighted by atomic mass is 35.5. The molecular formula is C14H11Cl2FN2. The van der Waals surface area contributed by atoms with Crippen molar-refractivity contribution in [3.8, 4) is 0 Å². The third-order valence-electron chi connectivity index (χ3n) is 3.28. The van der Waals surface area contributed by atoms with Gasteiger partial charge in [0.2, 0.25) is 0 Å². The van der Waals surface area contributed by atoms with Crippen LogP contribution in [0, 0.1) is 5.82 Å². The van der Waals surface area contributed by atoms with E-state index in [0.29, 0.717) is 10.9 Å². The maximum atomic E-state index is 13.4. The minimum Gasteiger partial charge on any atom is -0.326 e. The zero-order valence-electron chi connectivity index (χ0n) is 10.0. The van der Waals surface area contributed by atoms with Crippen LogP contribution in [0.4, 0.5) is 15.9 Å². The average Bonchev–Trinajstić information content (AvgIpc) is 2.82. The number of aromatic nitrogens is 1. The SMILES string of the molecule is Fc1ccc2c(c1)N(c1cc(CCl)c(Cl)cn1)CC2. The zero-order valence-corrected chi connectivity index (χ0v) is 11.5. The molecule has 0 radical (unpaired) electrons. The van der Waals surface area contributed by atoms with Gasteiger partial charge in [-0.2, -0.15) is 0 Å². The highest BCUT2D eigenvalue weighted by molar-refractivity contribution is 6.32. The summed E-state index contributed by atoms with van der Waals surface area (Å²) in [7, 11) is 0. The number of halogens is 3. The van der Waals surface area contributed by atoms with Crippen LogP contribution in [0.2, 0.25) is 5.02 Å². The number of nitrogens with zero attached hydrogens (tertiary/aromatic N) is 2. The minimum absolute atomic E-state index is 0.239. The molecule has 0 saturated heterocycles. The number of hydrogen-bond acceptors (Lipinski definition) is 2. The third-order valence-corrected chi connectivity index (χ3v) is 3.91. The predicted octanol–water partition coefficient (Wildman–Crippen LogP) is 4.31. The second-order valence-electron chi connectivity index (χ2n) is 4.44. The van der Waals surface area contributed by atoms with E-state index in [1.165, 1.54) is 6.07 Å². The summed E-state index contributed by atoms with van der Waals surface area (Å²) in [5.74, 6) is 0.847. The lowest BCUT2D eigenvalue weighted by Crippen LogP contribution is -2.15. The smallest absolute Gasteiger partial charge is 0.133 e. The molecule has 1 aliphatic heterocycles. The number of hydrogen-bond donors (Lipinski definition) is 0. The van der Waals surface area contributed by atoms with Crippen LogP contribution >= 0.6 is 23.2 Å². The Labute approximate surface area is 120 Å². The second-order valence-corrected chi connectivity index (χ2v) is 5.12. The van der Waals surface area contributed by atoms with Gasteiger partial charge in [-0.05, 0) is 35.7 Å². The molecule has 0 fully saturated rings. The van der Waals surface area contributed by atoms with E-state index in [-0.39, 0.29) is 5.82 Å². The molecule has 5 heteroatoms. The van der Waals surface area contributed by atoms with Crippen LogP contribution in [-0.4, -0.2) is 11.5 Å². The summed E-state index contributed by atoms with van der Waals surface area (Å²) >= 11 is 11.8. The van der Waals surface area contributed by atoms with E-state index < -0.39 is 0 Å². The Morgan fingerprint density at radius 1 is 1.32 bits per heavy atom. The quantitative estimate of drug-likeness (QED) is 0.768. The molecule has 2 aromatic rings. The number of alkyl halides is 1. The molecule has 19 heavy (non-hydrogen) atoms. The molecule has 1 aromatic carbocycles. The Morgan fingerprint density at radius 3 is 2.95 bits per heavy atom. The van der Waals surface area contributed by atoms with Crippen molar-refractivity contribution in [2.45, 2.75) is 12.3 Å². The van der Waals surface area contributed by atoms with Crippen LogP contribution in [0.5, 0.6) is 0 Å². The molecule has 2 nitrogen and oxygen atoms in total. The summed E-state index contributed by atoms with van der Waals surface area (Å²) in [6, 6.07) is 6.71. The molecule has 0 unspecified atom stereocenters. The largest absolute Gasteiger partial charge is 0.326 e. The number of anilines is 2. The Balaban J connectivity index is 2.04. The maximum absolute atomic E-state index is 13.4. The molecule has 1 aromatic heterocycles. The van der Waals surface area contributed by atoms with E-state index in [0.717, 1.165) is 35.6 Å². The number of pyridine rings is 1. The van der Waals surface area contributed by atoms with Gasteiger partial charge in [0.15, 0.2) is 0 Å². The first kappa shape index (κ1) is 12.7. The zero-order chi connectivity index (χ0) is 13.4. The highest BCUT2D eigenvalue weighted by Gasteiger charge is 2.22. The van der Waals surface area contributed by atoms with Gasteiger partial charge in [-0.1, -0.05) is 17.7 Å². The molecule has 0 atom stereocenters. The normalized spacial score (nSPS) is 13.7. The molecule has 0 bridgehead atoms. The molecule has 3 rings (SSSR count). The number of fused-ring (bicyclic) bond motifs is 1. The van der Waals surface area contributed by atoms with Crippen LogP contribution in [-0.2, 0) is 12.3 Å². The lowest BCUT2D eigenvalue weighted by Gasteiger charge is -2.19. The molecule has 0 saturated carbocycles. The van der Waals surface area contributed by atoms with Crippen molar-refractivity contribution in [3.63, 3.8) is 0 Å². The van der Waals surface area contributed by atoms with Crippen molar-refractivity contribution in [1.29, 1.82) is 0 Å². The van der Waals surface area contributed by atoms with Gasteiger partial charge >= 0.3 is 0 Å². The van der Waals surface area contributed by atoms with E-state index >= 15 is 0 Å². The molecule has 0 N–H and O–H groups in total. The van der Waals surface area contributed by atoms with Crippen LogP contribution in [0.1, 0.15) is 11.1 Å². The van der Waals surface area contributed by atoms with Crippen molar-refractivity contribution >= 4 is 34.7 Å². The van der Waals surface area contributed by atoms with Crippen molar-refractivity contribution in [1.82, 2.24) is 4.98 Å². The van der Waals surface area contributed by atoms with Gasteiger partial charge in [-0.25, -0.2) is 9.37 Å². The Hall–Kier alpha value is -1.32. The molecular weight excluding hydrogens is 286 g/mol. The monoisotopic (exact) mass is 296 g/mol.